The maximum Gasteiger partial charge on any atom is 0.120 e. The molecule has 1 nitrogen and oxygen atoms in total. The maximum absolute atomic E-state index is 2.83. The smallest absolute Gasteiger partial charge is 0.120 e. The molecule has 0 unspecified atom stereocenters. The van der Waals surface area contributed by atoms with Crippen molar-refractivity contribution in [2.75, 3.05) is 13.1 Å². The van der Waals surface area contributed by atoms with Crippen LogP contribution in [0.25, 0.3) is 0 Å². The van der Waals surface area contributed by atoms with E-state index in [4.69, 9.17) is 0 Å². The van der Waals surface area contributed by atoms with Crippen LogP contribution in [-0.4, -0.2) is 32.1 Å². The van der Waals surface area contributed by atoms with E-state index >= 15 is 0 Å². The average Bonchev–Trinajstić information content (AvgIpc) is 2.70. The van der Waals surface area contributed by atoms with Crippen LogP contribution in [0.2, 0.25) is 12.1 Å². The van der Waals surface area contributed by atoms with E-state index in [1.54, 1.807) is 10.4 Å². The maximum atomic E-state index is 2.83. The quantitative estimate of drug-likeness (QED) is 0.769. The van der Waals surface area contributed by atoms with Gasteiger partial charge in [0.15, 0.2) is 0 Å². The number of benzene rings is 2. The van der Waals surface area contributed by atoms with E-state index in [9.17, 15) is 0 Å². The fourth-order valence-electron chi connectivity index (χ4n) is 4.98. The minimum absolute atomic E-state index is 0.872. The lowest BCUT2D eigenvalue weighted by Gasteiger charge is -2.45. The molecular weight excluding hydrogens is 306 g/mol. The molecule has 0 aromatic heterocycles. The largest absolute Gasteiger partial charge is 0.301 e. The topological polar surface area (TPSA) is 3.24 Å². The summed E-state index contributed by atoms with van der Waals surface area (Å²) in [6, 6.07) is 26.5. The third-order valence-corrected chi connectivity index (χ3v) is 11.4. The van der Waals surface area contributed by atoms with Crippen molar-refractivity contribution in [3.63, 3.8) is 0 Å². The lowest BCUT2D eigenvalue weighted by Crippen LogP contribution is -2.64. The van der Waals surface area contributed by atoms with Gasteiger partial charge < -0.3 is 4.90 Å². The Balaban J connectivity index is 1.60. The van der Waals surface area contributed by atoms with Gasteiger partial charge in [0.2, 0.25) is 0 Å². The monoisotopic (exact) mass is 335 g/mol. The Kier molecular flexibility index (Phi) is 4.86. The molecule has 126 valence electrons. The molecule has 1 heterocycles. The summed E-state index contributed by atoms with van der Waals surface area (Å²) < 4.78 is 0. The summed E-state index contributed by atoms with van der Waals surface area (Å²) in [5.41, 5.74) is 0. The van der Waals surface area contributed by atoms with Crippen LogP contribution >= 0.6 is 0 Å². The molecule has 1 saturated carbocycles. The van der Waals surface area contributed by atoms with Crippen LogP contribution in [0.15, 0.2) is 60.7 Å². The highest BCUT2D eigenvalue weighted by atomic mass is 28.3. The molecule has 1 aliphatic heterocycles. The highest BCUT2D eigenvalue weighted by molar-refractivity contribution is 7.02. The summed E-state index contributed by atoms with van der Waals surface area (Å²) in [5, 5.41) is 3.28. The summed E-state index contributed by atoms with van der Waals surface area (Å²) in [7, 11) is -1.58. The molecule has 0 atom stereocenters. The Morgan fingerprint density at radius 2 is 1.17 bits per heavy atom. The van der Waals surface area contributed by atoms with Gasteiger partial charge in [0.1, 0.15) is 8.07 Å². The van der Waals surface area contributed by atoms with Gasteiger partial charge in [-0.1, -0.05) is 90.3 Å². The van der Waals surface area contributed by atoms with Gasteiger partial charge in [-0.25, -0.2) is 0 Å². The van der Waals surface area contributed by atoms with E-state index in [1.807, 2.05) is 0 Å². The molecule has 0 amide bonds. The molecule has 4 rings (SSSR count). The predicted octanol–water partition coefficient (Wildman–Crippen LogP) is 3.90. The van der Waals surface area contributed by atoms with E-state index in [-0.39, 0.29) is 0 Å². The molecule has 0 spiro atoms. The second-order valence-corrected chi connectivity index (χ2v) is 12.0. The van der Waals surface area contributed by atoms with E-state index in [0.717, 1.165) is 6.04 Å². The fourth-order valence-corrected chi connectivity index (χ4v) is 9.71. The first-order valence-electron chi connectivity index (χ1n) is 9.74. The number of nitrogens with zero attached hydrogens (tertiary/aromatic N) is 1. The van der Waals surface area contributed by atoms with Crippen LogP contribution < -0.4 is 10.4 Å². The molecule has 1 saturated heterocycles. The van der Waals surface area contributed by atoms with Gasteiger partial charge in [0, 0.05) is 6.04 Å². The third kappa shape index (κ3) is 3.10. The van der Waals surface area contributed by atoms with Crippen LogP contribution in [0.5, 0.6) is 0 Å². The highest BCUT2D eigenvalue weighted by Crippen LogP contribution is 2.29. The van der Waals surface area contributed by atoms with Crippen LogP contribution in [-0.2, 0) is 0 Å². The minimum Gasteiger partial charge on any atom is -0.301 e. The van der Waals surface area contributed by atoms with Crippen molar-refractivity contribution in [1.29, 1.82) is 0 Å². The molecular formula is C22H29NSi. The molecule has 0 bridgehead atoms. The zero-order valence-corrected chi connectivity index (χ0v) is 15.7. The Morgan fingerprint density at radius 1 is 0.667 bits per heavy atom. The fraction of sp³-hybridized carbons (Fsp3) is 0.455. The summed E-state index contributed by atoms with van der Waals surface area (Å²) >= 11 is 0. The van der Waals surface area contributed by atoms with Gasteiger partial charge in [0.25, 0.3) is 0 Å². The Morgan fingerprint density at radius 3 is 1.67 bits per heavy atom. The molecule has 2 aromatic rings. The number of hydrogen-bond acceptors (Lipinski definition) is 1. The predicted molar refractivity (Wildman–Crippen MR) is 106 cm³/mol. The second-order valence-electron chi connectivity index (χ2n) is 7.64. The summed E-state index contributed by atoms with van der Waals surface area (Å²) in [6.45, 7) is 2.61. The van der Waals surface area contributed by atoms with Crippen LogP contribution in [0.3, 0.4) is 0 Å². The highest BCUT2D eigenvalue weighted by Gasteiger charge is 2.41. The standard InChI is InChI=1S/C22H29NSi/c1-4-10-20(11-5-1)23-16-18-24(19-17-23,21-12-6-2-7-13-21)22-14-8-3-9-15-22/h2-3,6-9,12-15,20H,1,4-5,10-11,16-19H2. The SMILES string of the molecule is c1ccc([Si]2(c3ccccc3)CCN(C3CCCCC3)CC2)cc1. The minimum atomic E-state index is -1.58. The first-order valence-corrected chi connectivity index (χ1v) is 12.1. The Hall–Kier alpha value is -1.38. The molecule has 1 aliphatic carbocycles. The van der Waals surface area contributed by atoms with E-state index < -0.39 is 8.07 Å². The Labute approximate surface area is 147 Å². The first kappa shape index (κ1) is 16.1. The molecule has 2 heteroatoms. The van der Waals surface area contributed by atoms with Crippen LogP contribution in [0.1, 0.15) is 32.1 Å². The second kappa shape index (κ2) is 7.24. The van der Waals surface area contributed by atoms with Crippen molar-refractivity contribution in [2.45, 2.75) is 50.2 Å². The van der Waals surface area contributed by atoms with Gasteiger partial charge >= 0.3 is 0 Å². The molecule has 0 N–H and O–H groups in total. The zero-order chi connectivity index (χ0) is 16.2. The zero-order valence-electron chi connectivity index (χ0n) is 14.7. The van der Waals surface area contributed by atoms with E-state index in [0.29, 0.717) is 0 Å². The van der Waals surface area contributed by atoms with Gasteiger partial charge in [-0.15, -0.1) is 0 Å². The van der Waals surface area contributed by atoms with Gasteiger partial charge in [-0.3, -0.25) is 0 Å². The third-order valence-electron chi connectivity index (χ3n) is 6.40. The molecule has 0 radical (unpaired) electrons. The normalized spacial score (nSPS) is 22.3. The first-order chi connectivity index (χ1) is 11.9. The lowest BCUT2D eigenvalue weighted by molar-refractivity contribution is 0.165. The lowest BCUT2D eigenvalue weighted by atomic mass is 9.94. The van der Waals surface area contributed by atoms with E-state index in [1.165, 1.54) is 57.3 Å². The number of rotatable bonds is 3. The van der Waals surface area contributed by atoms with Gasteiger partial charge in [-0.2, -0.15) is 0 Å². The summed E-state index contributed by atoms with van der Waals surface area (Å²) in [5.74, 6) is 0. The Bertz CT molecular complexity index is 584. The van der Waals surface area contributed by atoms with Crippen molar-refractivity contribution >= 4 is 18.4 Å². The van der Waals surface area contributed by atoms with Gasteiger partial charge in [0.05, 0.1) is 0 Å². The van der Waals surface area contributed by atoms with Crippen LogP contribution in [0.4, 0.5) is 0 Å². The van der Waals surface area contributed by atoms with Crippen LogP contribution in [0, 0.1) is 0 Å². The van der Waals surface area contributed by atoms with E-state index in [2.05, 4.69) is 65.6 Å². The van der Waals surface area contributed by atoms with Crippen molar-refractivity contribution < 1.29 is 0 Å². The summed E-state index contributed by atoms with van der Waals surface area (Å²) in [4.78, 5) is 2.83. The average molecular weight is 336 g/mol. The van der Waals surface area contributed by atoms with Crippen molar-refractivity contribution in [3.05, 3.63) is 60.7 Å². The molecule has 2 aliphatic rings. The molecule has 2 fully saturated rings. The van der Waals surface area contributed by atoms with Gasteiger partial charge in [-0.05, 0) is 38.0 Å². The van der Waals surface area contributed by atoms with Crippen molar-refractivity contribution in [3.8, 4) is 0 Å². The molecule has 2 aromatic carbocycles. The summed E-state index contributed by atoms with van der Waals surface area (Å²) in [6.07, 6.45) is 7.22. The van der Waals surface area contributed by atoms with Crippen molar-refractivity contribution in [1.82, 2.24) is 4.90 Å². The van der Waals surface area contributed by atoms with Crippen molar-refractivity contribution in [2.24, 2.45) is 0 Å². The molecule has 24 heavy (non-hydrogen) atoms. The number of hydrogen-bond donors (Lipinski definition) is 0.